The summed E-state index contributed by atoms with van der Waals surface area (Å²) in [4.78, 5) is 16.2. The number of nitrogens with zero attached hydrogens (tertiary/aromatic N) is 1. The maximum absolute atomic E-state index is 11.3. The number of ether oxygens (including phenoxy) is 1. The molecule has 0 spiro atoms. The molecule has 86 valence electrons. The second kappa shape index (κ2) is 6.29. The van der Waals surface area contributed by atoms with Crippen molar-refractivity contribution in [1.82, 2.24) is 9.79 Å². The zero-order chi connectivity index (χ0) is 11.3. The van der Waals surface area contributed by atoms with Crippen LogP contribution < -0.4 is 5.48 Å². The molecule has 8 heteroatoms. The van der Waals surface area contributed by atoms with Gasteiger partial charge in [-0.1, -0.05) is 22.6 Å². The maximum atomic E-state index is 11.3. The van der Waals surface area contributed by atoms with Gasteiger partial charge in [0.05, 0.1) is 0 Å². The fraction of sp³-hybridized carbons (Fsp3) is 0.571. The van der Waals surface area contributed by atoms with E-state index < -0.39 is 6.09 Å². The third kappa shape index (κ3) is 3.96. The molecule has 0 radical (unpaired) electrons. The van der Waals surface area contributed by atoms with Crippen LogP contribution >= 0.6 is 33.5 Å². The number of carbonyl (C=O) groups is 1. The number of hydrogen-bond donors (Lipinski definition) is 1. The molecule has 1 N–H and O–H groups in total. The van der Waals surface area contributed by atoms with Crippen molar-refractivity contribution in [3.05, 3.63) is 10.8 Å². The zero-order valence-corrected chi connectivity index (χ0v) is 11.1. The topological polar surface area (TPSA) is 50.8 Å². The third-order valence-corrected chi connectivity index (χ3v) is 4.01. The molecule has 1 rings (SSSR count). The van der Waals surface area contributed by atoms with Gasteiger partial charge in [0.25, 0.3) is 0 Å². The molecule has 0 fully saturated rings. The number of hydrogen-bond acceptors (Lipinski definition) is 7. The van der Waals surface area contributed by atoms with E-state index in [4.69, 9.17) is 9.57 Å². The predicted molar refractivity (Wildman–Crippen MR) is 64.7 cm³/mol. The molecule has 1 amide bonds. The first-order valence-electron chi connectivity index (χ1n) is 4.03. The van der Waals surface area contributed by atoms with Gasteiger partial charge in [-0.25, -0.2) is 14.6 Å². The van der Waals surface area contributed by atoms with Gasteiger partial charge in [-0.3, -0.25) is 0 Å². The second-order valence-electron chi connectivity index (χ2n) is 2.50. The summed E-state index contributed by atoms with van der Waals surface area (Å²) in [5.41, 5.74) is 2.57. The van der Waals surface area contributed by atoms with E-state index in [-0.39, 0.29) is 0 Å². The largest absolute Gasteiger partial charge is 0.484 e. The molecule has 5 nitrogen and oxygen atoms in total. The van der Waals surface area contributed by atoms with Gasteiger partial charge in [0, 0.05) is 18.0 Å². The van der Waals surface area contributed by atoms with Crippen molar-refractivity contribution in [2.75, 3.05) is 19.2 Å². The van der Waals surface area contributed by atoms with E-state index in [1.165, 1.54) is 37.8 Å². The molecular formula is C7H12N2O3S3. The Bertz CT molecular complexity index is 272. The number of hydroxylamine groups is 1. The normalized spacial score (nSPS) is 14.9. The quantitative estimate of drug-likeness (QED) is 0.477. The molecule has 15 heavy (non-hydrogen) atoms. The highest BCUT2D eigenvalue weighted by Gasteiger charge is 2.16. The van der Waals surface area contributed by atoms with Crippen LogP contribution in [-0.2, 0) is 9.57 Å². The fourth-order valence-electron chi connectivity index (χ4n) is 0.742. The highest BCUT2D eigenvalue weighted by Crippen LogP contribution is 2.26. The molecule has 1 aliphatic rings. The van der Waals surface area contributed by atoms with E-state index in [0.29, 0.717) is 5.94 Å². The van der Waals surface area contributed by atoms with Crippen molar-refractivity contribution in [2.24, 2.45) is 0 Å². The Hall–Kier alpha value is -0.340. The number of allylic oxidation sites excluding steroid dienone is 1. The molecule has 0 aliphatic carbocycles. The van der Waals surface area contributed by atoms with E-state index in [2.05, 4.69) is 5.48 Å². The molecule has 0 aromatic carbocycles. The van der Waals surface area contributed by atoms with Gasteiger partial charge in [0.2, 0.25) is 0 Å². The van der Waals surface area contributed by atoms with Crippen LogP contribution in [0.1, 0.15) is 6.92 Å². The average molecular weight is 268 g/mol. The number of rotatable bonds is 4. The molecular weight excluding hydrogens is 256 g/mol. The van der Waals surface area contributed by atoms with Gasteiger partial charge < -0.3 is 9.57 Å². The van der Waals surface area contributed by atoms with Gasteiger partial charge in [-0.05, 0) is 13.2 Å². The lowest BCUT2D eigenvalue weighted by molar-refractivity contribution is 0.0958. The lowest BCUT2D eigenvalue weighted by atomic mass is 10.6. The van der Waals surface area contributed by atoms with Crippen molar-refractivity contribution < 1.29 is 14.4 Å². The van der Waals surface area contributed by atoms with Gasteiger partial charge in [-0.15, -0.1) is 0 Å². The number of amides is 1. The van der Waals surface area contributed by atoms with Gasteiger partial charge >= 0.3 is 6.09 Å². The van der Waals surface area contributed by atoms with Crippen LogP contribution in [0.5, 0.6) is 0 Å². The minimum absolute atomic E-state index is 0.442. The van der Waals surface area contributed by atoms with Crippen LogP contribution in [0, 0.1) is 0 Å². The van der Waals surface area contributed by atoms with E-state index in [0.717, 1.165) is 10.8 Å². The predicted octanol–water partition coefficient (Wildman–Crippen LogP) is 2.40. The fourth-order valence-corrected chi connectivity index (χ4v) is 2.63. The van der Waals surface area contributed by atoms with E-state index >= 15 is 0 Å². The molecule has 0 atom stereocenters. The van der Waals surface area contributed by atoms with Gasteiger partial charge in [0.15, 0.2) is 0 Å². The summed E-state index contributed by atoms with van der Waals surface area (Å²) in [6.45, 7) is 1.82. The number of carbonyl (C=O) groups excluding carboxylic acids is 1. The molecule has 0 aromatic heterocycles. The number of thioether (sulfide) groups is 1. The minimum atomic E-state index is -0.442. The minimum Gasteiger partial charge on any atom is -0.484 e. The van der Waals surface area contributed by atoms with Crippen molar-refractivity contribution in [3.63, 3.8) is 0 Å². The number of nitrogens with one attached hydrogen (secondary N) is 1. The molecule has 0 saturated carbocycles. The average Bonchev–Trinajstić information content (AvgIpc) is 2.61. The molecule has 0 saturated heterocycles. The first kappa shape index (κ1) is 12.7. The summed E-state index contributed by atoms with van der Waals surface area (Å²) >= 11 is 1.46. The first-order chi connectivity index (χ1) is 7.15. The summed E-state index contributed by atoms with van der Waals surface area (Å²) in [6, 6.07) is 0. The standard InChI is InChI=1S/C7H12N2O3S3/c1-5-6(14-4-11-5)8-12-7(10)9(2)15-13-3/h8H,4H2,1-3H3. The molecule has 0 bridgehead atoms. The Balaban J connectivity index is 2.30. The first-order valence-corrected chi connectivity index (χ1v) is 7.53. The summed E-state index contributed by atoms with van der Waals surface area (Å²) < 4.78 is 6.57. The summed E-state index contributed by atoms with van der Waals surface area (Å²) in [7, 11) is 4.42. The lowest BCUT2D eigenvalue weighted by Gasteiger charge is -2.13. The molecule has 0 unspecified atom stereocenters. The van der Waals surface area contributed by atoms with Crippen LogP contribution in [0.25, 0.3) is 0 Å². The Morgan fingerprint density at radius 1 is 1.73 bits per heavy atom. The maximum Gasteiger partial charge on any atom is 0.444 e. The lowest BCUT2D eigenvalue weighted by Crippen LogP contribution is -2.26. The summed E-state index contributed by atoms with van der Waals surface area (Å²) in [5, 5.41) is 0.742. The molecule has 1 heterocycles. The van der Waals surface area contributed by atoms with Crippen LogP contribution in [0.3, 0.4) is 0 Å². The van der Waals surface area contributed by atoms with Crippen molar-refractivity contribution in [3.8, 4) is 0 Å². The SMILES string of the molecule is CSSN(C)C(=O)ONC1=C(C)OCS1. The highest BCUT2D eigenvalue weighted by molar-refractivity contribution is 8.75. The smallest absolute Gasteiger partial charge is 0.444 e. The van der Waals surface area contributed by atoms with Crippen LogP contribution in [-0.4, -0.2) is 29.6 Å². The van der Waals surface area contributed by atoms with Crippen molar-refractivity contribution in [1.29, 1.82) is 0 Å². The van der Waals surface area contributed by atoms with Crippen molar-refractivity contribution >= 4 is 39.6 Å². The van der Waals surface area contributed by atoms with Crippen LogP contribution in [0.2, 0.25) is 0 Å². The Kier molecular flexibility index (Phi) is 5.34. The Labute approximate surface area is 101 Å². The highest BCUT2D eigenvalue weighted by atomic mass is 33.1. The van der Waals surface area contributed by atoms with Crippen molar-refractivity contribution in [2.45, 2.75) is 6.92 Å². The summed E-state index contributed by atoms with van der Waals surface area (Å²) in [5.74, 6) is 1.30. The monoisotopic (exact) mass is 268 g/mol. The van der Waals surface area contributed by atoms with Crippen LogP contribution in [0.15, 0.2) is 10.8 Å². The van der Waals surface area contributed by atoms with Gasteiger partial charge in [-0.2, -0.15) is 0 Å². The molecule has 1 aliphatic heterocycles. The van der Waals surface area contributed by atoms with E-state index in [9.17, 15) is 4.79 Å². The van der Waals surface area contributed by atoms with Crippen LogP contribution in [0.4, 0.5) is 4.79 Å². The Morgan fingerprint density at radius 2 is 2.47 bits per heavy atom. The Morgan fingerprint density at radius 3 is 3.00 bits per heavy atom. The summed E-state index contributed by atoms with van der Waals surface area (Å²) in [6.07, 6.45) is 1.44. The third-order valence-electron chi connectivity index (χ3n) is 1.47. The van der Waals surface area contributed by atoms with E-state index in [1.807, 2.05) is 13.2 Å². The van der Waals surface area contributed by atoms with Gasteiger partial charge in [0.1, 0.15) is 16.7 Å². The molecule has 0 aromatic rings. The second-order valence-corrected chi connectivity index (χ2v) is 5.91. The van der Waals surface area contributed by atoms with E-state index in [1.54, 1.807) is 7.05 Å². The zero-order valence-electron chi connectivity index (χ0n) is 8.60.